The quantitative estimate of drug-likeness (QED) is 0.448. The van der Waals surface area contributed by atoms with E-state index in [4.69, 9.17) is 15.1 Å². The number of fused-ring (bicyclic) bond motifs is 1. The van der Waals surface area contributed by atoms with Crippen molar-refractivity contribution in [2.45, 2.75) is 13.5 Å². The van der Waals surface area contributed by atoms with Gasteiger partial charge in [0.15, 0.2) is 0 Å². The first-order valence-electron chi connectivity index (χ1n) is 10.2. The predicted molar refractivity (Wildman–Crippen MR) is 123 cm³/mol. The molecule has 0 atom stereocenters. The summed E-state index contributed by atoms with van der Waals surface area (Å²) in [7, 11) is 0. The number of nitrogens with zero attached hydrogens (tertiary/aromatic N) is 3. The Bertz CT molecular complexity index is 1290. The molecule has 1 aromatic heterocycles. The largest absolute Gasteiger partial charge is 0.509 e. The third-order valence-corrected chi connectivity index (χ3v) is 5.42. The average molecular weight is 410 g/mol. The summed E-state index contributed by atoms with van der Waals surface area (Å²) in [6.45, 7) is 2.97. The normalized spacial score (nSPS) is 14.0. The van der Waals surface area contributed by atoms with Crippen LogP contribution >= 0.6 is 0 Å². The third-order valence-electron chi connectivity index (χ3n) is 5.42. The van der Waals surface area contributed by atoms with E-state index in [-0.39, 0.29) is 18.1 Å². The molecular weight excluding hydrogens is 388 g/mol. The number of aliphatic hydroxyl groups is 1. The summed E-state index contributed by atoms with van der Waals surface area (Å²) in [5.41, 5.74) is 3.14. The number of aliphatic hydroxyl groups excluding tert-OH is 1. The number of imidazole rings is 1. The number of rotatable bonds is 5. The van der Waals surface area contributed by atoms with Crippen LogP contribution in [0.15, 0.2) is 84.6 Å². The lowest BCUT2D eigenvalue weighted by Crippen LogP contribution is -2.26. The zero-order valence-corrected chi connectivity index (χ0v) is 17.1. The Morgan fingerprint density at radius 2 is 1.61 bits per heavy atom. The summed E-state index contributed by atoms with van der Waals surface area (Å²) in [5, 5.41) is 19.5. The van der Waals surface area contributed by atoms with Crippen LogP contribution in [0.4, 0.5) is 5.69 Å². The molecule has 6 nitrogen and oxygen atoms in total. The zero-order valence-electron chi connectivity index (χ0n) is 17.1. The van der Waals surface area contributed by atoms with Gasteiger partial charge in [0.2, 0.25) is 0 Å². The van der Waals surface area contributed by atoms with Crippen molar-refractivity contribution in [1.82, 2.24) is 9.55 Å². The maximum atomic E-state index is 10.8. The van der Waals surface area contributed by atoms with Gasteiger partial charge in [-0.3, -0.25) is 5.41 Å². The highest BCUT2D eigenvalue weighted by molar-refractivity contribution is 6.30. The zero-order chi connectivity index (χ0) is 21.4. The van der Waals surface area contributed by atoms with E-state index in [1.807, 2.05) is 90.4 Å². The molecule has 0 amide bonds. The SMILES string of the molecule is CCn1c(C2=C(O)CN(c3ccc(Oc4ccccc4)cc3)C2=N)nc2ccccc21. The minimum absolute atomic E-state index is 0.152. The van der Waals surface area contributed by atoms with E-state index in [0.29, 0.717) is 23.7 Å². The van der Waals surface area contributed by atoms with Crippen LogP contribution in [0.1, 0.15) is 12.7 Å². The molecule has 0 bridgehead atoms. The molecule has 6 heteroatoms. The van der Waals surface area contributed by atoms with E-state index in [1.54, 1.807) is 4.90 Å². The summed E-state index contributed by atoms with van der Waals surface area (Å²) in [4.78, 5) is 6.49. The van der Waals surface area contributed by atoms with Crippen molar-refractivity contribution in [3.8, 4) is 11.5 Å². The van der Waals surface area contributed by atoms with Crippen LogP contribution in [-0.2, 0) is 6.54 Å². The van der Waals surface area contributed by atoms with Crippen molar-refractivity contribution < 1.29 is 9.84 Å². The standard InChI is InChI=1S/C25H22N4O2/c1-2-28-21-11-7-6-10-20(21)27-25(28)23-22(30)16-29(24(23)26)17-12-14-19(15-13-17)31-18-8-4-3-5-9-18/h3-15,26,30H,2,16H2,1H3. The number of ether oxygens (including phenoxy) is 1. The predicted octanol–water partition coefficient (Wildman–Crippen LogP) is 5.62. The lowest BCUT2D eigenvalue weighted by Gasteiger charge is -2.19. The van der Waals surface area contributed by atoms with Gasteiger partial charge in [-0.05, 0) is 55.5 Å². The van der Waals surface area contributed by atoms with Gasteiger partial charge in [0, 0.05) is 12.2 Å². The first-order chi connectivity index (χ1) is 15.2. The van der Waals surface area contributed by atoms with Gasteiger partial charge >= 0.3 is 0 Å². The molecule has 0 spiro atoms. The summed E-state index contributed by atoms with van der Waals surface area (Å²) in [6.07, 6.45) is 0. The third kappa shape index (κ3) is 3.32. The smallest absolute Gasteiger partial charge is 0.148 e. The highest BCUT2D eigenvalue weighted by atomic mass is 16.5. The average Bonchev–Trinajstić information content (AvgIpc) is 3.31. The number of hydrogen-bond acceptors (Lipinski definition) is 4. The van der Waals surface area contributed by atoms with Gasteiger partial charge < -0.3 is 19.3 Å². The van der Waals surface area contributed by atoms with E-state index in [2.05, 4.69) is 0 Å². The first-order valence-corrected chi connectivity index (χ1v) is 10.2. The topological polar surface area (TPSA) is 74.4 Å². The molecule has 4 aromatic rings. The van der Waals surface area contributed by atoms with E-state index in [0.717, 1.165) is 22.5 Å². The van der Waals surface area contributed by atoms with E-state index < -0.39 is 0 Å². The van der Waals surface area contributed by atoms with Crippen molar-refractivity contribution >= 4 is 28.1 Å². The molecular formula is C25H22N4O2. The van der Waals surface area contributed by atoms with Gasteiger partial charge in [-0.2, -0.15) is 0 Å². The van der Waals surface area contributed by atoms with Crippen LogP contribution in [0.25, 0.3) is 16.6 Å². The highest BCUT2D eigenvalue weighted by Crippen LogP contribution is 2.33. The van der Waals surface area contributed by atoms with Crippen LogP contribution in [0.3, 0.4) is 0 Å². The molecule has 0 saturated heterocycles. The van der Waals surface area contributed by atoms with E-state index in [9.17, 15) is 5.11 Å². The van der Waals surface area contributed by atoms with Crippen LogP contribution in [-0.4, -0.2) is 27.0 Å². The molecule has 3 aromatic carbocycles. The van der Waals surface area contributed by atoms with Crippen LogP contribution in [0.5, 0.6) is 11.5 Å². The van der Waals surface area contributed by atoms with Gasteiger partial charge in [-0.25, -0.2) is 4.98 Å². The molecule has 1 aliphatic rings. The Labute approximate surface area is 180 Å². The van der Waals surface area contributed by atoms with Gasteiger partial charge in [0.25, 0.3) is 0 Å². The van der Waals surface area contributed by atoms with Gasteiger partial charge in [0.1, 0.15) is 28.9 Å². The number of anilines is 1. The van der Waals surface area contributed by atoms with Crippen LogP contribution < -0.4 is 9.64 Å². The molecule has 0 saturated carbocycles. The second kappa shape index (κ2) is 7.65. The van der Waals surface area contributed by atoms with Gasteiger partial charge in [-0.15, -0.1) is 0 Å². The monoisotopic (exact) mass is 410 g/mol. The molecule has 2 heterocycles. The van der Waals surface area contributed by atoms with Crippen molar-refractivity contribution in [3.63, 3.8) is 0 Å². The Kier molecular flexibility index (Phi) is 4.67. The lowest BCUT2D eigenvalue weighted by molar-refractivity contribution is 0.411. The Morgan fingerprint density at radius 3 is 2.35 bits per heavy atom. The number of aromatic nitrogens is 2. The van der Waals surface area contributed by atoms with Crippen molar-refractivity contribution in [3.05, 3.63) is 90.4 Å². The first kappa shape index (κ1) is 18.9. The lowest BCUT2D eigenvalue weighted by atomic mass is 10.2. The highest BCUT2D eigenvalue weighted by Gasteiger charge is 2.32. The number of hydrogen-bond donors (Lipinski definition) is 2. The summed E-state index contributed by atoms with van der Waals surface area (Å²) < 4.78 is 7.89. The summed E-state index contributed by atoms with van der Waals surface area (Å²) in [6, 6.07) is 25.0. The van der Waals surface area contributed by atoms with Gasteiger partial charge in [-0.1, -0.05) is 30.3 Å². The van der Waals surface area contributed by atoms with Crippen LogP contribution in [0, 0.1) is 5.41 Å². The molecule has 0 aliphatic carbocycles. The molecule has 1 aliphatic heterocycles. The molecule has 0 radical (unpaired) electrons. The molecule has 2 N–H and O–H groups in total. The van der Waals surface area contributed by atoms with Crippen molar-refractivity contribution in [2.75, 3.05) is 11.4 Å². The Hall–Kier alpha value is -4.06. The van der Waals surface area contributed by atoms with E-state index >= 15 is 0 Å². The summed E-state index contributed by atoms with van der Waals surface area (Å²) in [5.74, 6) is 2.49. The Balaban J connectivity index is 1.42. The molecule has 154 valence electrons. The van der Waals surface area contributed by atoms with Crippen LogP contribution in [0.2, 0.25) is 0 Å². The number of amidine groups is 1. The molecule has 0 fully saturated rings. The number of aryl methyl sites for hydroxylation is 1. The van der Waals surface area contributed by atoms with E-state index in [1.165, 1.54) is 0 Å². The number of nitrogens with one attached hydrogen (secondary N) is 1. The summed E-state index contributed by atoms with van der Waals surface area (Å²) >= 11 is 0. The molecule has 0 unspecified atom stereocenters. The fourth-order valence-corrected chi connectivity index (χ4v) is 3.94. The van der Waals surface area contributed by atoms with Crippen molar-refractivity contribution in [1.29, 1.82) is 5.41 Å². The minimum atomic E-state index is 0.152. The second-order valence-corrected chi connectivity index (χ2v) is 7.33. The second-order valence-electron chi connectivity index (χ2n) is 7.33. The maximum absolute atomic E-state index is 10.8. The minimum Gasteiger partial charge on any atom is -0.509 e. The fraction of sp³-hybridized carbons (Fsp3) is 0.120. The molecule has 31 heavy (non-hydrogen) atoms. The van der Waals surface area contributed by atoms with Crippen molar-refractivity contribution in [2.24, 2.45) is 0 Å². The van der Waals surface area contributed by atoms with Gasteiger partial charge in [0.05, 0.1) is 23.2 Å². The number of para-hydroxylation sites is 3. The molecule has 5 rings (SSSR count). The fourth-order valence-electron chi connectivity index (χ4n) is 3.94. The maximum Gasteiger partial charge on any atom is 0.148 e. The number of benzene rings is 3. The Morgan fingerprint density at radius 1 is 0.935 bits per heavy atom.